The zero-order valence-electron chi connectivity index (χ0n) is 16.4. The van der Waals surface area contributed by atoms with Crippen molar-refractivity contribution in [3.8, 4) is 0 Å². The molecule has 2 aromatic carbocycles. The summed E-state index contributed by atoms with van der Waals surface area (Å²) in [7, 11) is 0. The molecule has 0 aromatic heterocycles. The molecule has 148 valence electrons. The number of rotatable bonds is 3. The van der Waals surface area contributed by atoms with Gasteiger partial charge in [-0.1, -0.05) is 48.5 Å². The molecule has 1 N–H and O–H groups in total. The number of benzene rings is 2. The minimum absolute atomic E-state index is 0.186. The summed E-state index contributed by atoms with van der Waals surface area (Å²) in [6, 6.07) is 16.0. The predicted octanol–water partition coefficient (Wildman–Crippen LogP) is 4.14. The Morgan fingerprint density at radius 1 is 0.862 bits per heavy atom. The highest BCUT2D eigenvalue weighted by Gasteiger charge is 2.64. The van der Waals surface area contributed by atoms with Crippen molar-refractivity contribution in [3.05, 3.63) is 71.3 Å². The molecule has 1 atom stereocenters. The third-order valence-corrected chi connectivity index (χ3v) is 7.89. The van der Waals surface area contributed by atoms with Crippen molar-refractivity contribution in [1.82, 2.24) is 4.90 Å². The van der Waals surface area contributed by atoms with E-state index in [-0.39, 0.29) is 5.91 Å². The lowest BCUT2D eigenvalue weighted by molar-refractivity contribution is -0.155. The van der Waals surface area contributed by atoms with Crippen LogP contribution < -0.4 is 0 Å². The number of amides is 1. The SMILES string of the molecule is O=C1c2ccccc2C(O)(C(=O)c2ccccc2)N1C12CC3CC(CC(C3)C1)C2. The van der Waals surface area contributed by atoms with E-state index in [4.69, 9.17) is 0 Å². The van der Waals surface area contributed by atoms with Gasteiger partial charge in [0.15, 0.2) is 0 Å². The van der Waals surface area contributed by atoms with Gasteiger partial charge in [-0.15, -0.1) is 0 Å². The van der Waals surface area contributed by atoms with Gasteiger partial charge < -0.3 is 5.11 Å². The van der Waals surface area contributed by atoms with Crippen LogP contribution >= 0.6 is 0 Å². The van der Waals surface area contributed by atoms with E-state index in [0.29, 0.717) is 34.4 Å². The van der Waals surface area contributed by atoms with E-state index in [1.54, 1.807) is 47.4 Å². The van der Waals surface area contributed by atoms with Crippen LogP contribution in [0.3, 0.4) is 0 Å². The van der Waals surface area contributed by atoms with Crippen LogP contribution in [-0.2, 0) is 5.72 Å². The summed E-state index contributed by atoms with van der Waals surface area (Å²) in [6.07, 6.45) is 6.42. The normalized spacial score (nSPS) is 37.1. The third kappa shape index (κ3) is 2.24. The molecule has 0 spiro atoms. The summed E-state index contributed by atoms with van der Waals surface area (Å²) in [6.45, 7) is 0. The van der Waals surface area contributed by atoms with E-state index in [2.05, 4.69) is 0 Å². The average Bonchev–Trinajstić information content (AvgIpc) is 2.96. The quantitative estimate of drug-likeness (QED) is 0.806. The fourth-order valence-corrected chi connectivity index (χ4v) is 7.27. The van der Waals surface area contributed by atoms with Crippen LogP contribution in [0.15, 0.2) is 54.6 Å². The number of hydrogen-bond acceptors (Lipinski definition) is 3. The number of carbonyl (C=O) groups excluding carboxylic acids is 2. The lowest BCUT2D eigenvalue weighted by Gasteiger charge is -2.61. The minimum atomic E-state index is -1.93. The zero-order valence-corrected chi connectivity index (χ0v) is 16.4. The van der Waals surface area contributed by atoms with Crippen LogP contribution in [0.5, 0.6) is 0 Å². The number of carbonyl (C=O) groups is 2. The van der Waals surface area contributed by atoms with Gasteiger partial charge in [0.25, 0.3) is 5.91 Å². The van der Waals surface area contributed by atoms with Crippen LogP contribution in [0.4, 0.5) is 0 Å². The Kier molecular flexibility index (Phi) is 3.47. The van der Waals surface area contributed by atoms with E-state index < -0.39 is 17.0 Å². The van der Waals surface area contributed by atoms with Gasteiger partial charge in [0.2, 0.25) is 11.5 Å². The molecule has 0 saturated heterocycles. The highest BCUT2D eigenvalue weighted by Crippen LogP contribution is 2.61. The van der Waals surface area contributed by atoms with Gasteiger partial charge in [0.05, 0.1) is 0 Å². The molecule has 4 fully saturated rings. The van der Waals surface area contributed by atoms with Gasteiger partial charge in [0, 0.05) is 22.2 Å². The van der Waals surface area contributed by atoms with Crippen molar-refractivity contribution in [2.45, 2.75) is 49.8 Å². The highest BCUT2D eigenvalue weighted by atomic mass is 16.3. The Balaban J connectivity index is 1.54. The molecule has 2 aromatic rings. The Labute approximate surface area is 170 Å². The van der Waals surface area contributed by atoms with Gasteiger partial charge in [-0.2, -0.15) is 0 Å². The maximum Gasteiger partial charge on any atom is 0.257 e. The first kappa shape index (κ1) is 17.4. The van der Waals surface area contributed by atoms with E-state index in [1.807, 2.05) is 12.1 Å². The second-order valence-electron chi connectivity index (χ2n) is 9.70. The Hall–Kier alpha value is -2.46. The molecule has 5 aliphatic rings. The molecule has 4 nitrogen and oxygen atoms in total. The molecule has 1 amide bonds. The fraction of sp³-hybridized carbons (Fsp3) is 0.440. The second kappa shape index (κ2) is 5.79. The maximum atomic E-state index is 13.7. The topological polar surface area (TPSA) is 57.6 Å². The van der Waals surface area contributed by atoms with Crippen LogP contribution in [-0.4, -0.2) is 27.2 Å². The molecular formula is C25H25NO3. The monoisotopic (exact) mass is 387 g/mol. The first-order valence-electron chi connectivity index (χ1n) is 10.8. The second-order valence-corrected chi connectivity index (χ2v) is 9.70. The van der Waals surface area contributed by atoms with Gasteiger partial charge in [-0.25, -0.2) is 0 Å². The van der Waals surface area contributed by atoms with E-state index in [9.17, 15) is 14.7 Å². The summed E-state index contributed by atoms with van der Waals surface area (Å²) in [5.74, 6) is 1.23. The first-order valence-corrected chi connectivity index (χ1v) is 10.8. The Bertz CT molecular complexity index is 978. The molecule has 4 heteroatoms. The highest BCUT2D eigenvalue weighted by molar-refractivity contribution is 6.12. The summed E-state index contributed by atoms with van der Waals surface area (Å²) in [5.41, 5.74) is -0.996. The molecule has 4 aliphatic carbocycles. The molecule has 1 unspecified atom stereocenters. The van der Waals surface area contributed by atoms with E-state index in [0.717, 1.165) is 19.3 Å². The van der Waals surface area contributed by atoms with Crippen LogP contribution in [0, 0.1) is 17.8 Å². The third-order valence-electron chi connectivity index (χ3n) is 7.89. The molecule has 7 rings (SSSR count). The Morgan fingerprint density at radius 2 is 1.41 bits per heavy atom. The van der Waals surface area contributed by atoms with Crippen LogP contribution in [0.1, 0.15) is 64.8 Å². The van der Waals surface area contributed by atoms with E-state index >= 15 is 0 Å². The number of aliphatic hydroxyl groups is 1. The number of hydrogen-bond donors (Lipinski definition) is 1. The number of fused-ring (bicyclic) bond motifs is 1. The van der Waals surface area contributed by atoms with Gasteiger partial charge in [-0.05, 0) is 62.3 Å². The van der Waals surface area contributed by atoms with E-state index in [1.165, 1.54) is 19.3 Å². The standard InChI is InChI=1S/C25H25NO3/c27-22(19-6-2-1-3-7-19)25(29)21-9-5-4-8-20(21)23(28)26(25)24-13-16-10-17(14-24)12-18(11-16)15-24/h1-9,16-18,29H,10-15H2. The minimum Gasteiger partial charge on any atom is -0.360 e. The largest absolute Gasteiger partial charge is 0.360 e. The van der Waals surface area contributed by atoms with Gasteiger partial charge in [0.1, 0.15) is 0 Å². The smallest absolute Gasteiger partial charge is 0.257 e. The predicted molar refractivity (Wildman–Crippen MR) is 108 cm³/mol. The summed E-state index contributed by atoms with van der Waals surface area (Å²) in [4.78, 5) is 29.0. The van der Waals surface area contributed by atoms with Gasteiger partial charge in [-0.3, -0.25) is 14.5 Å². The first-order chi connectivity index (χ1) is 14.0. The van der Waals surface area contributed by atoms with Crippen LogP contribution in [0.2, 0.25) is 0 Å². The fourth-order valence-electron chi connectivity index (χ4n) is 7.27. The lowest BCUT2D eigenvalue weighted by atomic mass is 9.52. The zero-order chi connectivity index (χ0) is 19.8. The van der Waals surface area contributed by atoms with Crippen molar-refractivity contribution in [1.29, 1.82) is 0 Å². The molecule has 0 radical (unpaired) electrons. The summed E-state index contributed by atoms with van der Waals surface area (Å²) < 4.78 is 0. The Morgan fingerprint density at radius 3 is 2.03 bits per heavy atom. The van der Waals surface area contributed by atoms with Crippen molar-refractivity contribution in [3.63, 3.8) is 0 Å². The van der Waals surface area contributed by atoms with Crippen LogP contribution in [0.25, 0.3) is 0 Å². The average molecular weight is 387 g/mol. The van der Waals surface area contributed by atoms with Crippen molar-refractivity contribution in [2.75, 3.05) is 0 Å². The summed E-state index contributed by atoms with van der Waals surface area (Å²) >= 11 is 0. The maximum absolute atomic E-state index is 13.7. The van der Waals surface area contributed by atoms with Crippen molar-refractivity contribution in [2.24, 2.45) is 17.8 Å². The van der Waals surface area contributed by atoms with Crippen molar-refractivity contribution < 1.29 is 14.7 Å². The summed E-state index contributed by atoms with van der Waals surface area (Å²) in [5, 5.41) is 12.1. The number of ketones is 1. The number of Topliss-reactive ketones (excluding diaryl/α,β-unsaturated/α-hetero) is 1. The lowest BCUT2D eigenvalue weighted by Crippen LogP contribution is -2.66. The molecular weight excluding hydrogens is 362 g/mol. The van der Waals surface area contributed by atoms with Crippen molar-refractivity contribution >= 4 is 11.7 Å². The van der Waals surface area contributed by atoms with Gasteiger partial charge >= 0.3 is 0 Å². The molecule has 4 bridgehead atoms. The molecule has 1 aliphatic heterocycles. The molecule has 4 saturated carbocycles. The molecule has 1 heterocycles. The number of nitrogens with zero attached hydrogens (tertiary/aromatic N) is 1. The molecule has 29 heavy (non-hydrogen) atoms.